The Balaban J connectivity index is 3.17. The van der Waals surface area contributed by atoms with Gasteiger partial charge in [0.25, 0.3) is 0 Å². The maximum atomic E-state index is 5.40. The van der Waals surface area contributed by atoms with E-state index >= 15 is 0 Å². The van der Waals surface area contributed by atoms with Crippen molar-refractivity contribution in [2.45, 2.75) is 46.5 Å². The minimum absolute atomic E-state index is 1.15. The van der Waals surface area contributed by atoms with E-state index in [2.05, 4.69) is 44.9 Å². The Kier molecular flexibility index (Phi) is 6.29. The lowest BCUT2D eigenvalue weighted by Crippen LogP contribution is -1.94. The molecular formula is C18H23. The highest BCUT2D eigenvalue weighted by Gasteiger charge is 2.07. The summed E-state index contributed by atoms with van der Waals surface area (Å²) in [4.78, 5) is 0. The fraction of sp³-hybridized carbons (Fsp3) is 0.389. The van der Waals surface area contributed by atoms with Gasteiger partial charge in [0.05, 0.1) is 6.42 Å². The summed E-state index contributed by atoms with van der Waals surface area (Å²) in [5.74, 6) is 2.63. The zero-order valence-corrected chi connectivity index (χ0v) is 11.8. The maximum Gasteiger partial charge on any atom is 0.0634 e. The minimum Gasteiger partial charge on any atom is -0.119 e. The van der Waals surface area contributed by atoms with Crippen LogP contribution in [0, 0.1) is 18.8 Å². The van der Waals surface area contributed by atoms with Gasteiger partial charge in [-0.25, -0.2) is 0 Å². The van der Waals surface area contributed by atoms with E-state index in [1.807, 2.05) is 12.5 Å². The normalized spacial score (nSPS) is 9.89. The summed E-state index contributed by atoms with van der Waals surface area (Å²) in [6, 6.07) is 8.39. The van der Waals surface area contributed by atoms with E-state index in [0.29, 0.717) is 0 Å². The molecule has 0 amide bonds. The predicted molar refractivity (Wildman–Crippen MR) is 81.1 cm³/mol. The van der Waals surface area contributed by atoms with Crippen LogP contribution in [0.5, 0.6) is 0 Å². The van der Waals surface area contributed by atoms with Crippen LogP contribution in [0.2, 0.25) is 0 Å². The van der Waals surface area contributed by atoms with Crippen molar-refractivity contribution in [1.82, 2.24) is 0 Å². The van der Waals surface area contributed by atoms with Crippen LogP contribution in [-0.2, 0) is 0 Å². The Morgan fingerprint density at radius 2 is 1.78 bits per heavy atom. The van der Waals surface area contributed by atoms with Crippen LogP contribution < -0.4 is 0 Å². The van der Waals surface area contributed by atoms with Crippen molar-refractivity contribution in [3.05, 3.63) is 47.4 Å². The zero-order chi connectivity index (χ0) is 13.4. The Morgan fingerprint density at radius 3 is 2.33 bits per heavy atom. The summed E-state index contributed by atoms with van der Waals surface area (Å²) in [5, 5.41) is 0. The van der Waals surface area contributed by atoms with Gasteiger partial charge in [0.1, 0.15) is 0 Å². The predicted octanol–water partition coefficient (Wildman–Crippen LogP) is 5.25. The van der Waals surface area contributed by atoms with Gasteiger partial charge in [-0.2, -0.15) is 0 Å². The van der Waals surface area contributed by atoms with Crippen LogP contribution in [0.15, 0.2) is 29.8 Å². The highest BCUT2D eigenvalue weighted by molar-refractivity contribution is 5.71. The Bertz CT molecular complexity index is 435. The molecule has 0 unspecified atom stereocenters. The van der Waals surface area contributed by atoms with Crippen LogP contribution in [0.4, 0.5) is 0 Å². The molecule has 1 rings (SSSR count). The number of hydrogen-bond acceptors (Lipinski definition) is 0. The molecule has 0 saturated carbocycles. The fourth-order valence-corrected chi connectivity index (χ4v) is 2.35. The molecule has 0 aliphatic carbocycles. The SMILES string of the molecule is C#C[CH]c1ccccc1C(C)=C(CCC)CCC. The van der Waals surface area contributed by atoms with E-state index in [1.165, 1.54) is 36.8 Å². The number of hydrogen-bond donors (Lipinski definition) is 0. The van der Waals surface area contributed by atoms with E-state index in [0.717, 1.165) is 5.56 Å². The lowest BCUT2D eigenvalue weighted by Gasteiger charge is -2.14. The lowest BCUT2D eigenvalue weighted by molar-refractivity contribution is 0.805. The van der Waals surface area contributed by atoms with Crippen LogP contribution in [0.25, 0.3) is 5.57 Å². The Morgan fingerprint density at radius 1 is 1.17 bits per heavy atom. The first-order valence-electron chi connectivity index (χ1n) is 6.81. The standard InChI is InChI=1S/C18H23/c1-5-10-16(11-6-2)15(4)18-14-9-8-13-17(18)12-7-3/h3,8-9,12-14H,5-6,10-11H2,1-2,4H3. The summed E-state index contributed by atoms with van der Waals surface area (Å²) in [6.45, 7) is 6.70. The Hall–Kier alpha value is -1.48. The highest BCUT2D eigenvalue weighted by Crippen LogP contribution is 2.27. The quantitative estimate of drug-likeness (QED) is 0.595. The molecule has 18 heavy (non-hydrogen) atoms. The van der Waals surface area contributed by atoms with Crippen molar-refractivity contribution in [2.75, 3.05) is 0 Å². The fourth-order valence-electron chi connectivity index (χ4n) is 2.35. The maximum absolute atomic E-state index is 5.40. The van der Waals surface area contributed by atoms with E-state index in [4.69, 9.17) is 6.42 Å². The molecular weight excluding hydrogens is 216 g/mol. The molecule has 0 heterocycles. The molecule has 1 aromatic rings. The van der Waals surface area contributed by atoms with Crippen LogP contribution in [0.1, 0.15) is 57.6 Å². The van der Waals surface area contributed by atoms with Crippen LogP contribution >= 0.6 is 0 Å². The highest BCUT2D eigenvalue weighted by atomic mass is 14.1. The van der Waals surface area contributed by atoms with Crippen molar-refractivity contribution in [2.24, 2.45) is 0 Å². The van der Waals surface area contributed by atoms with Gasteiger partial charge >= 0.3 is 0 Å². The smallest absolute Gasteiger partial charge is 0.0634 e. The molecule has 0 aromatic heterocycles. The first-order chi connectivity index (χ1) is 8.74. The molecule has 0 atom stereocenters. The topological polar surface area (TPSA) is 0 Å². The molecule has 0 nitrogen and oxygen atoms in total. The largest absolute Gasteiger partial charge is 0.119 e. The molecule has 0 fully saturated rings. The molecule has 0 saturated heterocycles. The van der Waals surface area contributed by atoms with Gasteiger partial charge in [0.2, 0.25) is 0 Å². The van der Waals surface area contributed by atoms with Gasteiger partial charge in [0.15, 0.2) is 0 Å². The first-order valence-corrected chi connectivity index (χ1v) is 6.81. The number of allylic oxidation sites excluding steroid dienone is 2. The number of rotatable bonds is 6. The van der Waals surface area contributed by atoms with Gasteiger partial charge in [-0.3, -0.25) is 0 Å². The van der Waals surface area contributed by atoms with Crippen molar-refractivity contribution in [1.29, 1.82) is 0 Å². The third-order valence-electron chi connectivity index (χ3n) is 3.24. The molecule has 0 heteroatoms. The first kappa shape index (κ1) is 14.6. The average Bonchev–Trinajstić information content (AvgIpc) is 2.39. The molecule has 0 aliphatic heterocycles. The molecule has 0 bridgehead atoms. The number of benzene rings is 1. The molecule has 95 valence electrons. The van der Waals surface area contributed by atoms with Crippen molar-refractivity contribution < 1.29 is 0 Å². The van der Waals surface area contributed by atoms with Gasteiger partial charge in [-0.15, -0.1) is 6.42 Å². The zero-order valence-electron chi connectivity index (χ0n) is 11.8. The van der Waals surface area contributed by atoms with Crippen LogP contribution in [0.3, 0.4) is 0 Å². The molecule has 1 radical (unpaired) electrons. The second kappa shape index (κ2) is 7.77. The summed E-state index contributed by atoms with van der Waals surface area (Å²) in [7, 11) is 0. The van der Waals surface area contributed by atoms with Gasteiger partial charge in [-0.1, -0.05) is 62.4 Å². The summed E-state index contributed by atoms with van der Waals surface area (Å²) in [6.07, 6.45) is 12.0. The average molecular weight is 239 g/mol. The van der Waals surface area contributed by atoms with Gasteiger partial charge in [0, 0.05) is 0 Å². The molecule has 0 N–H and O–H groups in total. The van der Waals surface area contributed by atoms with Crippen molar-refractivity contribution >= 4 is 5.57 Å². The van der Waals surface area contributed by atoms with Crippen molar-refractivity contribution in [3.63, 3.8) is 0 Å². The molecule has 1 aromatic carbocycles. The van der Waals surface area contributed by atoms with E-state index in [1.54, 1.807) is 5.57 Å². The van der Waals surface area contributed by atoms with E-state index in [9.17, 15) is 0 Å². The molecule has 0 spiro atoms. The summed E-state index contributed by atoms with van der Waals surface area (Å²) in [5.41, 5.74) is 5.41. The summed E-state index contributed by atoms with van der Waals surface area (Å²) >= 11 is 0. The second-order valence-corrected chi connectivity index (χ2v) is 4.63. The monoisotopic (exact) mass is 239 g/mol. The van der Waals surface area contributed by atoms with Gasteiger partial charge in [-0.05, 0) is 36.5 Å². The Labute approximate surface area is 112 Å². The van der Waals surface area contributed by atoms with Crippen molar-refractivity contribution in [3.8, 4) is 12.3 Å². The van der Waals surface area contributed by atoms with E-state index < -0.39 is 0 Å². The third kappa shape index (κ3) is 3.77. The van der Waals surface area contributed by atoms with Gasteiger partial charge < -0.3 is 0 Å². The number of terminal acetylenes is 1. The second-order valence-electron chi connectivity index (χ2n) is 4.63. The third-order valence-corrected chi connectivity index (χ3v) is 3.24. The lowest BCUT2D eigenvalue weighted by atomic mass is 9.91. The van der Waals surface area contributed by atoms with E-state index in [-0.39, 0.29) is 0 Å². The molecule has 0 aliphatic rings. The van der Waals surface area contributed by atoms with Crippen LogP contribution in [-0.4, -0.2) is 0 Å². The summed E-state index contributed by atoms with van der Waals surface area (Å²) < 4.78 is 0. The minimum atomic E-state index is 1.15.